The highest BCUT2D eigenvalue weighted by Gasteiger charge is 2.37. The summed E-state index contributed by atoms with van der Waals surface area (Å²) in [5.41, 5.74) is 2.62. The molecule has 7 nitrogen and oxygen atoms in total. The number of methoxy groups -OCH3 is 1. The second-order valence-electron chi connectivity index (χ2n) is 5.46. The molecule has 1 saturated heterocycles. The van der Waals surface area contributed by atoms with Gasteiger partial charge in [-0.2, -0.15) is 5.10 Å². The number of rotatable bonds is 4. The molecule has 1 aliphatic rings. The van der Waals surface area contributed by atoms with Gasteiger partial charge in [-0.3, -0.25) is 9.89 Å². The molecule has 2 N–H and O–H groups in total. The first-order chi connectivity index (χ1) is 9.95. The van der Waals surface area contributed by atoms with Crippen molar-refractivity contribution in [1.29, 1.82) is 0 Å². The van der Waals surface area contributed by atoms with Crippen LogP contribution in [0.5, 0.6) is 0 Å². The summed E-state index contributed by atoms with van der Waals surface area (Å²) in [7, 11) is 3.21. The number of aliphatic hydroxyl groups excluding tert-OH is 1. The van der Waals surface area contributed by atoms with Gasteiger partial charge in [-0.25, -0.2) is 0 Å². The summed E-state index contributed by atoms with van der Waals surface area (Å²) in [5.74, 6) is -0.0768. The maximum absolute atomic E-state index is 12.4. The number of aromatic amines is 1. The smallest absolute Gasteiger partial charge is 0.227 e. The van der Waals surface area contributed by atoms with Crippen LogP contribution in [-0.2, 0) is 20.7 Å². The third-order valence-corrected chi connectivity index (χ3v) is 4.15. The lowest BCUT2D eigenvalue weighted by atomic mass is 10.0. The zero-order valence-corrected chi connectivity index (χ0v) is 12.9. The minimum absolute atomic E-state index is 0.0768. The van der Waals surface area contributed by atoms with E-state index >= 15 is 0 Å². The molecule has 0 unspecified atom stereocenters. The Kier molecular flexibility index (Phi) is 4.97. The number of likely N-dealkylation sites (N-methyl/N-ethyl adjacent to an activating group) is 1. The fourth-order valence-corrected chi connectivity index (χ4v) is 2.59. The number of carbonyl (C=O) groups is 1. The van der Waals surface area contributed by atoms with Gasteiger partial charge < -0.3 is 19.5 Å². The zero-order valence-electron chi connectivity index (χ0n) is 12.9. The monoisotopic (exact) mass is 297 g/mol. The Labute approximate surface area is 124 Å². The van der Waals surface area contributed by atoms with Crippen LogP contribution in [0.2, 0.25) is 0 Å². The van der Waals surface area contributed by atoms with Crippen LogP contribution >= 0.6 is 0 Å². The van der Waals surface area contributed by atoms with Gasteiger partial charge >= 0.3 is 0 Å². The van der Waals surface area contributed by atoms with Crippen molar-refractivity contribution in [3.63, 3.8) is 0 Å². The van der Waals surface area contributed by atoms with E-state index in [2.05, 4.69) is 10.2 Å². The SMILES string of the molecule is CO[C@@H]1COC[C@@H](N(C)C(=O)Cc2c(C)n[nH]c2C)[C@@H]1O. The number of aryl methyl sites for hydroxylation is 2. The Balaban J connectivity index is 2.05. The van der Waals surface area contributed by atoms with Crippen LogP contribution < -0.4 is 0 Å². The van der Waals surface area contributed by atoms with E-state index in [1.54, 1.807) is 11.9 Å². The van der Waals surface area contributed by atoms with Gasteiger partial charge in [-0.1, -0.05) is 0 Å². The van der Waals surface area contributed by atoms with E-state index in [0.717, 1.165) is 17.0 Å². The number of aliphatic hydroxyl groups is 1. The number of ether oxygens (including phenoxy) is 2. The maximum Gasteiger partial charge on any atom is 0.227 e. The van der Waals surface area contributed by atoms with Gasteiger partial charge in [-0.15, -0.1) is 0 Å². The second-order valence-corrected chi connectivity index (χ2v) is 5.46. The molecule has 1 aliphatic heterocycles. The molecule has 7 heteroatoms. The van der Waals surface area contributed by atoms with Crippen molar-refractivity contribution < 1.29 is 19.4 Å². The van der Waals surface area contributed by atoms with Crippen molar-refractivity contribution in [2.45, 2.75) is 38.5 Å². The Morgan fingerprint density at radius 3 is 2.81 bits per heavy atom. The van der Waals surface area contributed by atoms with Gasteiger partial charge in [-0.05, 0) is 13.8 Å². The van der Waals surface area contributed by atoms with Crippen LogP contribution in [0.15, 0.2) is 0 Å². The highest BCUT2D eigenvalue weighted by Crippen LogP contribution is 2.18. The molecule has 2 rings (SSSR count). The summed E-state index contributed by atoms with van der Waals surface area (Å²) in [6.45, 7) is 4.41. The van der Waals surface area contributed by atoms with Gasteiger partial charge in [0.15, 0.2) is 0 Å². The summed E-state index contributed by atoms with van der Waals surface area (Å²) < 4.78 is 10.6. The van der Waals surface area contributed by atoms with Crippen molar-refractivity contribution >= 4 is 5.91 Å². The minimum atomic E-state index is -0.746. The van der Waals surface area contributed by atoms with E-state index in [1.165, 1.54) is 7.11 Å². The molecule has 0 aromatic carbocycles. The molecule has 1 amide bonds. The molecule has 21 heavy (non-hydrogen) atoms. The normalized spacial score (nSPS) is 25.9. The number of hydrogen-bond acceptors (Lipinski definition) is 5. The van der Waals surface area contributed by atoms with Crippen molar-refractivity contribution in [3.8, 4) is 0 Å². The van der Waals surface area contributed by atoms with Crippen LogP contribution in [0.25, 0.3) is 0 Å². The topological polar surface area (TPSA) is 87.7 Å². The van der Waals surface area contributed by atoms with E-state index < -0.39 is 18.2 Å². The second kappa shape index (κ2) is 6.55. The van der Waals surface area contributed by atoms with Crippen molar-refractivity contribution in [3.05, 3.63) is 17.0 Å². The van der Waals surface area contributed by atoms with Gasteiger partial charge in [0.1, 0.15) is 12.2 Å². The number of hydrogen-bond donors (Lipinski definition) is 2. The first kappa shape index (κ1) is 15.9. The number of carbonyl (C=O) groups excluding carboxylic acids is 1. The molecule has 0 saturated carbocycles. The van der Waals surface area contributed by atoms with Gasteiger partial charge in [0.2, 0.25) is 5.91 Å². The Bertz CT molecular complexity index is 483. The van der Waals surface area contributed by atoms with Crippen LogP contribution in [0.1, 0.15) is 17.0 Å². The van der Waals surface area contributed by atoms with Crippen LogP contribution in [0.3, 0.4) is 0 Å². The molecule has 3 atom stereocenters. The lowest BCUT2D eigenvalue weighted by Crippen LogP contribution is -2.57. The van der Waals surface area contributed by atoms with Crippen LogP contribution in [0, 0.1) is 13.8 Å². The summed E-state index contributed by atoms with van der Waals surface area (Å²) in [6, 6.07) is -0.399. The van der Waals surface area contributed by atoms with Crippen molar-refractivity contribution in [1.82, 2.24) is 15.1 Å². The average Bonchev–Trinajstić information content (AvgIpc) is 2.78. The largest absolute Gasteiger partial charge is 0.388 e. The van der Waals surface area contributed by atoms with Gasteiger partial charge in [0, 0.05) is 25.4 Å². The fourth-order valence-electron chi connectivity index (χ4n) is 2.59. The third kappa shape index (κ3) is 3.25. The maximum atomic E-state index is 12.4. The lowest BCUT2D eigenvalue weighted by molar-refractivity contribution is -0.157. The molecular formula is C14H23N3O4. The fraction of sp³-hybridized carbons (Fsp3) is 0.714. The molecule has 0 spiro atoms. The first-order valence-corrected chi connectivity index (χ1v) is 7.00. The summed E-state index contributed by atoms with van der Waals surface area (Å²) >= 11 is 0. The zero-order chi connectivity index (χ0) is 15.6. The van der Waals surface area contributed by atoms with E-state index in [1.807, 2.05) is 13.8 Å². The van der Waals surface area contributed by atoms with Crippen molar-refractivity contribution in [2.75, 3.05) is 27.4 Å². The molecule has 0 bridgehead atoms. The molecule has 1 aromatic heterocycles. The highest BCUT2D eigenvalue weighted by molar-refractivity contribution is 5.79. The molecular weight excluding hydrogens is 274 g/mol. The predicted octanol–water partition coefficient (Wildman–Crippen LogP) is -0.198. The molecule has 1 aromatic rings. The number of nitrogens with one attached hydrogen (secondary N) is 1. The quantitative estimate of drug-likeness (QED) is 0.804. The Morgan fingerprint density at radius 2 is 2.24 bits per heavy atom. The standard InChI is InChI=1S/C14H23N3O4/c1-8-10(9(2)16-15-8)5-13(18)17(3)11-6-21-7-12(20-4)14(11)19/h11-12,14,19H,5-7H2,1-4H3,(H,15,16)/t11-,12-,14+/m1/s1. The minimum Gasteiger partial charge on any atom is -0.388 e. The van der Waals surface area contributed by atoms with E-state index in [4.69, 9.17) is 9.47 Å². The average molecular weight is 297 g/mol. The van der Waals surface area contributed by atoms with Gasteiger partial charge in [0.25, 0.3) is 0 Å². The molecule has 1 fully saturated rings. The van der Waals surface area contributed by atoms with E-state index in [0.29, 0.717) is 13.2 Å². The Hall–Kier alpha value is -1.44. The number of H-pyrrole nitrogens is 1. The molecule has 0 aliphatic carbocycles. The third-order valence-electron chi connectivity index (χ3n) is 4.15. The number of aromatic nitrogens is 2. The van der Waals surface area contributed by atoms with Gasteiger partial charge in [0.05, 0.1) is 31.4 Å². The van der Waals surface area contributed by atoms with Crippen LogP contribution in [0.4, 0.5) is 0 Å². The highest BCUT2D eigenvalue weighted by atomic mass is 16.5. The summed E-state index contributed by atoms with van der Waals surface area (Å²) in [5, 5.41) is 17.2. The molecule has 118 valence electrons. The number of nitrogens with zero attached hydrogens (tertiary/aromatic N) is 2. The van der Waals surface area contributed by atoms with E-state index in [-0.39, 0.29) is 12.3 Å². The lowest BCUT2D eigenvalue weighted by Gasteiger charge is -2.38. The Morgan fingerprint density at radius 1 is 1.52 bits per heavy atom. The summed E-state index contributed by atoms with van der Waals surface area (Å²) in [4.78, 5) is 14.0. The first-order valence-electron chi connectivity index (χ1n) is 7.00. The molecule has 2 heterocycles. The summed E-state index contributed by atoms with van der Waals surface area (Å²) in [6.07, 6.45) is -0.897. The molecule has 0 radical (unpaired) electrons. The van der Waals surface area contributed by atoms with Crippen LogP contribution in [-0.4, -0.2) is 71.7 Å². The number of amides is 1. The van der Waals surface area contributed by atoms with Crippen molar-refractivity contribution in [2.24, 2.45) is 0 Å². The van der Waals surface area contributed by atoms with E-state index in [9.17, 15) is 9.90 Å². The predicted molar refractivity (Wildman–Crippen MR) is 75.9 cm³/mol.